The molecule has 3 rings (SSSR count). The number of fused-ring (bicyclic) bond motifs is 1. The van der Waals surface area contributed by atoms with Crippen LogP contribution in [0, 0.1) is 0 Å². The van der Waals surface area contributed by atoms with E-state index in [-0.39, 0.29) is 19.2 Å². The quantitative estimate of drug-likeness (QED) is 0.450. The lowest BCUT2D eigenvalue weighted by atomic mass is 10.1. The second kappa shape index (κ2) is 7.74. The van der Waals surface area contributed by atoms with Gasteiger partial charge in [-0.1, -0.05) is 6.07 Å². The van der Waals surface area contributed by atoms with Crippen LogP contribution >= 0.6 is 0 Å². The molecule has 0 aliphatic carbocycles. The van der Waals surface area contributed by atoms with E-state index in [4.69, 9.17) is 18.9 Å². The van der Waals surface area contributed by atoms with Crippen molar-refractivity contribution in [2.75, 3.05) is 13.9 Å². The number of hydrogen-bond acceptors (Lipinski definition) is 6. The van der Waals surface area contributed by atoms with E-state index in [0.717, 1.165) is 5.56 Å². The smallest absolute Gasteiger partial charge is 0.331 e. The Morgan fingerprint density at radius 1 is 1.12 bits per heavy atom. The first-order chi connectivity index (χ1) is 12.6. The van der Waals surface area contributed by atoms with Gasteiger partial charge in [0.25, 0.3) is 0 Å². The summed E-state index contributed by atoms with van der Waals surface area (Å²) in [5.74, 6) is 1.32. The molecule has 0 bridgehead atoms. The molecular weight excluding hydrogens is 336 g/mol. The number of hydrogen-bond donors (Lipinski definition) is 0. The Kier molecular flexibility index (Phi) is 5.22. The monoisotopic (exact) mass is 354 g/mol. The summed E-state index contributed by atoms with van der Waals surface area (Å²) >= 11 is 0. The third kappa shape index (κ3) is 4.03. The fraction of sp³-hybridized carbons (Fsp3) is 0.200. The van der Waals surface area contributed by atoms with Crippen molar-refractivity contribution < 1.29 is 28.5 Å². The molecule has 0 saturated heterocycles. The van der Waals surface area contributed by atoms with Gasteiger partial charge in [-0.3, -0.25) is 4.79 Å². The Balaban J connectivity index is 1.63. The zero-order valence-electron chi connectivity index (χ0n) is 14.5. The van der Waals surface area contributed by atoms with E-state index >= 15 is 0 Å². The molecule has 0 aromatic heterocycles. The van der Waals surface area contributed by atoms with Gasteiger partial charge in [0.1, 0.15) is 12.4 Å². The predicted octanol–water partition coefficient (Wildman–Crippen LogP) is 3.38. The van der Waals surface area contributed by atoms with Crippen molar-refractivity contribution in [1.82, 2.24) is 0 Å². The van der Waals surface area contributed by atoms with Crippen LogP contribution in [0.1, 0.15) is 28.4 Å². The second-order valence-corrected chi connectivity index (χ2v) is 5.64. The first-order valence-corrected chi connectivity index (χ1v) is 7.99. The van der Waals surface area contributed by atoms with Crippen LogP contribution in [0.15, 0.2) is 42.5 Å². The number of ether oxygens (including phenoxy) is 4. The molecule has 1 aliphatic rings. The first kappa shape index (κ1) is 17.5. The number of rotatable bonds is 6. The fourth-order valence-corrected chi connectivity index (χ4v) is 2.49. The number of esters is 1. The number of ketones is 1. The zero-order valence-corrected chi connectivity index (χ0v) is 14.5. The van der Waals surface area contributed by atoms with Crippen LogP contribution in [-0.4, -0.2) is 25.7 Å². The normalized spacial score (nSPS) is 12.2. The Labute approximate surface area is 150 Å². The molecule has 0 unspecified atom stereocenters. The number of carbonyl (C=O) groups is 2. The number of carbonyl (C=O) groups excluding carboxylic acids is 2. The molecule has 6 heteroatoms. The maximum atomic E-state index is 12.0. The summed E-state index contributed by atoms with van der Waals surface area (Å²) in [6.45, 7) is 1.69. The van der Waals surface area contributed by atoms with Gasteiger partial charge in [-0.2, -0.15) is 0 Å². The summed E-state index contributed by atoms with van der Waals surface area (Å²) in [6, 6.07) is 10.4. The molecule has 0 spiro atoms. The largest absolute Gasteiger partial charge is 0.496 e. The maximum absolute atomic E-state index is 12.0. The molecule has 0 atom stereocenters. The molecule has 0 fully saturated rings. The van der Waals surface area contributed by atoms with Gasteiger partial charge >= 0.3 is 5.97 Å². The first-order valence-electron chi connectivity index (χ1n) is 7.99. The second-order valence-electron chi connectivity index (χ2n) is 5.64. The van der Waals surface area contributed by atoms with Crippen LogP contribution in [0.5, 0.6) is 17.2 Å². The van der Waals surface area contributed by atoms with E-state index in [1.165, 1.54) is 20.1 Å². The van der Waals surface area contributed by atoms with Crippen molar-refractivity contribution >= 4 is 17.8 Å². The summed E-state index contributed by atoms with van der Waals surface area (Å²) in [5, 5.41) is 0. The van der Waals surface area contributed by atoms with Crippen LogP contribution in [-0.2, 0) is 16.1 Å². The minimum Gasteiger partial charge on any atom is -0.496 e. The Bertz CT molecular complexity index is 869. The van der Waals surface area contributed by atoms with Crippen LogP contribution in [0.3, 0.4) is 0 Å². The highest BCUT2D eigenvalue weighted by Crippen LogP contribution is 2.32. The highest BCUT2D eigenvalue weighted by atomic mass is 16.7. The number of benzene rings is 2. The van der Waals surface area contributed by atoms with Crippen LogP contribution in [0.2, 0.25) is 0 Å². The minimum absolute atomic E-state index is 0.00854. The van der Waals surface area contributed by atoms with Gasteiger partial charge < -0.3 is 18.9 Å². The van der Waals surface area contributed by atoms with Crippen molar-refractivity contribution in [3.8, 4) is 17.2 Å². The summed E-state index contributed by atoms with van der Waals surface area (Å²) in [4.78, 5) is 23.5. The van der Waals surface area contributed by atoms with Crippen molar-refractivity contribution in [1.29, 1.82) is 0 Å². The lowest BCUT2D eigenvalue weighted by Crippen LogP contribution is -2.04. The maximum Gasteiger partial charge on any atom is 0.331 e. The Morgan fingerprint density at radius 2 is 1.92 bits per heavy atom. The van der Waals surface area contributed by atoms with E-state index in [1.807, 2.05) is 6.07 Å². The average molecular weight is 354 g/mol. The molecule has 0 saturated carbocycles. The highest BCUT2D eigenvalue weighted by Gasteiger charge is 2.13. The zero-order chi connectivity index (χ0) is 18.5. The molecule has 2 aromatic carbocycles. The van der Waals surface area contributed by atoms with Gasteiger partial charge in [0, 0.05) is 17.2 Å². The summed E-state index contributed by atoms with van der Waals surface area (Å²) in [7, 11) is 1.52. The molecule has 0 radical (unpaired) electrons. The fourth-order valence-electron chi connectivity index (χ4n) is 2.49. The molecule has 0 amide bonds. The van der Waals surface area contributed by atoms with Gasteiger partial charge in [-0.15, -0.1) is 0 Å². The topological polar surface area (TPSA) is 71.1 Å². The van der Waals surface area contributed by atoms with E-state index in [1.54, 1.807) is 36.4 Å². The van der Waals surface area contributed by atoms with Gasteiger partial charge in [-0.25, -0.2) is 4.79 Å². The third-order valence-corrected chi connectivity index (χ3v) is 3.87. The molecule has 1 heterocycles. The molecular formula is C20H18O6. The van der Waals surface area contributed by atoms with Gasteiger partial charge in [-0.05, 0) is 48.9 Å². The standard InChI is InChI=1S/C20H18O6/c1-13(21)15-5-7-17(23-2)16(10-15)11-24-20(22)8-4-14-3-6-18-19(9-14)26-12-25-18/h3-10H,11-12H2,1-2H3/b8-4+. The number of Topliss-reactive ketones (excluding diaryl/α,β-unsaturated/α-hetero) is 1. The van der Waals surface area contributed by atoms with Crippen molar-refractivity contribution in [2.45, 2.75) is 13.5 Å². The van der Waals surface area contributed by atoms with Crippen molar-refractivity contribution in [3.63, 3.8) is 0 Å². The predicted molar refractivity (Wildman–Crippen MR) is 94.4 cm³/mol. The summed E-state index contributed by atoms with van der Waals surface area (Å²) in [5.41, 5.74) is 1.96. The lowest BCUT2D eigenvalue weighted by molar-refractivity contribution is -0.138. The van der Waals surface area contributed by atoms with E-state index in [2.05, 4.69) is 0 Å². The van der Waals surface area contributed by atoms with Crippen molar-refractivity contribution in [3.05, 3.63) is 59.2 Å². The van der Waals surface area contributed by atoms with Crippen molar-refractivity contribution in [2.24, 2.45) is 0 Å². The van der Waals surface area contributed by atoms with E-state index in [0.29, 0.717) is 28.4 Å². The van der Waals surface area contributed by atoms with Gasteiger partial charge in [0.15, 0.2) is 17.3 Å². The molecule has 1 aliphatic heterocycles. The molecule has 6 nitrogen and oxygen atoms in total. The molecule has 26 heavy (non-hydrogen) atoms. The van der Waals surface area contributed by atoms with E-state index < -0.39 is 5.97 Å². The Morgan fingerprint density at radius 3 is 2.69 bits per heavy atom. The summed E-state index contributed by atoms with van der Waals surface area (Å²) in [6.07, 6.45) is 2.96. The average Bonchev–Trinajstić information content (AvgIpc) is 3.12. The Hall–Kier alpha value is -3.28. The lowest BCUT2D eigenvalue weighted by Gasteiger charge is -2.09. The molecule has 0 N–H and O–H groups in total. The van der Waals surface area contributed by atoms with Gasteiger partial charge in [0.05, 0.1) is 7.11 Å². The van der Waals surface area contributed by atoms with Crippen LogP contribution < -0.4 is 14.2 Å². The number of methoxy groups -OCH3 is 1. The minimum atomic E-state index is -0.502. The third-order valence-electron chi connectivity index (χ3n) is 3.87. The van der Waals surface area contributed by atoms with Crippen LogP contribution in [0.4, 0.5) is 0 Å². The van der Waals surface area contributed by atoms with Crippen LogP contribution in [0.25, 0.3) is 6.08 Å². The SMILES string of the molecule is COc1ccc(C(C)=O)cc1COC(=O)/C=C/c1ccc2c(c1)OCO2. The van der Waals surface area contributed by atoms with E-state index in [9.17, 15) is 9.59 Å². The summed E-state index contributed by atoms with van der Waals surface area (Å²) < 4.78 is 21.0. The van der Waals surface area contributed by atoms with Gasteiger partial charge in [0.2, 0.25) is 6.79 Å². The highest BCUT2D eigenvalue weighted by molar-refractivity contribution is 5.94. The molecule has 134 valence electrons. The molecule has 2 aromatic rings.